The zero-order valence-corrected chi connectivity index (χ0v) is 9.32. The SMILES string of the molecule is CCOC(=O)CC#Cc1ccnc(OC)c1. The molecule has 0 atom stereocenters. The fourth-order valence-electron chi connectivity index (χ4n) is 1.03. The summed E-state index contributed by atoms with van der Waals surface area (Å²) in [6.45, 7) is 2.14. The molecule has 0 amide bonds. The van der Waals surface area contributed by atoms with Crippen LogP contribution >= 0.6 is 0 Å². The second kappa shape index (κ2) is 6.46. The smallest absolute Gasteiger partial charge is 0.317 e. The standard InChI is InChI=1S/C12H13NO3/c1-3-16-12(14)6-4-5-10-7-8-13-11(9-10)15-2/h7-9H,3,6H2,1-2H3. The molecule has 1 heterocycles. The molecule has 0 aromatic carbocycles. The van der Waals surface area contributed by atoms with Crippen molar-refractivity contribution in [3.63, 3.8) is 0 Å². The van der Waals surface area contributed by atoms with Crippen molar-refractivity contribution in [2.75, 3.05) is 13.7 Å². The van der Waals surface area contributed by atoms with Gasteiger partial charge in [-0.05, 0) is 13.0 Å². The maximum atomic E-state index is 11.0. The molecule has 0 saturated carbocycles. The quantitative estimate of drug-likeness (QED) is 0.569. The minimum Gasteiger partial charge on any atom is -0.481 e. The lowest BCUT2D eigenvalue weighted by Gasteiger charge is -1.97. The van der Waals surface area contributed by atoms with Gasteiger partial charge in [0, 0.05) is 17.8 Å². The van der Waals surface area contributed by atoms with Crippen LogP contribution in [0.2, 0.25) is 0 Å². The number of pyridine rings is 1. The number of hydrogen-bond acceptors (Lipinski definition) is 4. The van der Waals surface area contributed by atoms with E-state index in [-0.39, 0.29) is 12.4 Å². The van der Waals surface area contributed by atoms with E-state index in [2.05, 4.69) is 16.8 Å². The van der Waals surface area contributed by atoms with Gasteiger partial charge in [-0.25, -0.2) is 4.98 Å². The number of aromatic nitrogens is 1. The summed E-state index contributed by atoms with van der Waals surface area (Å²) in [5.74, 6) is 5.76. The normalized spacial score (nSPS) is 8.88. The van der Waals surface area contributed by atoms with Crippen LogP contribution in [0.15, 0.2) is 18.3 Å². The first kappa shape index (κ1) is 12.1. The minimum atomic E-state index is -0.309. The lowest BCUT2D eigenvalue weighted by Crippen LogP contribution is -2.01. The zero-order chi connectivity index (χ0) is 11.8. The first-order valence-electron chi connectivity index (χ1n) is 4.90. The Balaban J connectivity index is 2.59. The molecule has 0 aliphatic heterocycles. The number of esters is 1. The van der Waals surface area contributed by atoms with E-state index in [1.807, 2.05) is 0 Å². The van der Waals surface area contributed by atoms with Crippen LogP contribution in [-0.2, 0) is 9.53 Å². The lowest BCUT2D eigenvalue weighted by molar-refractivity contribution is -0.141. The van der Waals surface area contributed by atoms with Crippen LogP contribution in [-0.4, -0.2) is 24.7 Å². The van der Waals surface area contributed by atoms with E-state index in [0.29, 0.717) is 12.5 Å². The van der Waals surface area contributed by atoms with Crippen molar-refractivity contribution in [1.29, 1.82) is 0 Å². The van der Waals surface area contributed by atoms with Gasteiger partial charge in [-0.15, -0.1) is 0 Å². The van der Waals surface area contributed by atoms with E-state index >= 15 is 0 Å². The maximum absolute atomic E-state index is 11.0. The molecule has 0 radical (unpaired) electrons. The summed E-state index contributed by atoms with van der Waals surface area (Å²) in [7, 11) is 1.54. The van der Waals surface area contributed by atoms with Crippen LogP contribution in [0.5, 0.6) is 5.88 Å². The molecule has 0 aliphatic rings. The van der Waals surface area contributed by atoms with E-state index < -0.39 is 0 Å². The summed E-state index contributed by atoms with van der Waals surface area (Å²) in [4.78, 5) is 14.9. The molecule has 4 nitrogen and oxygen atoms in total. The van der Waals surface area contributed by atoms with E-state index in [4.69, 9.17) is 9.47 Å². The fraction of sp³-hybridized carbons (Fsp3) is 0.333. The van der Waals surface area contributed by atoms with Crippen molar-refractivity contribution in [3.8, 4) is 17.7 Å². The molecule has 84 valence electrons. The highest BCUT2D eigenvalue weighted by molar-refractivity contribution is 5.72. The molecule has 0 fully saturated rings. The summed E-state index contributed by atoms with van der Waals surface area (Å²) in [6.07, 6.45) is 1.70. The molecule has 0 saturated heterocycles. The Labute approximate surface area is 94.6 Å². The van der Waals surface area contributed by atoms with Crippen molar-refractivity contribution in [2.24, 2.45) is 0 Å². The Bertz CT molecular complexity index is 418. The number of methoxy groups -OCH3 is 1. The van der Waals surface area contributed by atoms with Crippen molar-refractivity contribution in [3.05, 3.63) is 23.9 Å². The third kappa shape index (κ3) is 4.01. The molecule has 0 N–H and O–H groups in total. The molecule has 0 spiro atoms. The Morgan fingerprint density at radius 1 is 1.56 bits per heavy atom. The molecule has 0 unspecified atom stereocenters. The molecule has 1 aromatic rings. The van der Waals surface area contributed by atoms with Gasteiger partial charge in [0.1, 0.15) is 6.42 Å². The van der Waals surface area contributed by atoms with Crippen LogP contribution in [0.3, 0.4) is 0 Å². The Morgan fingerprint density at radius 3 is 3.06 bits per heavy atom. The van der Waals surface area contributed by atoms with Gasteiger partial charge in [-0.2, -0.15) is 0 Å². The topological polar surface area (TPSA) is 48.4 Å². The van der Waals surface area contributed by atoms with Gasteiger partial charge < -0.3 is 9.47 Å². The van der Waals surface area contributed by atoms with E-state index in [1.165, 1.54) is 7.11 Å². The fourth-order valence-corrected chi connectivity index (χ4v) is 1.03. The van der Waals surface area contributed by atoms with Gasteiger partial charge >= 0.3 is 5.97 Å². The van der Waals surface area contributed by atoms with Crippen LogP contribution in [0, 0.1) is 11.8 Å². The molecular formula is C12H13NO3. The number of hydrogen-bond donors (Lipinski definition) is 0. The second-order valence-electron chi connectivity index (χ2n) is 2.87. The van der Waals surface area contributed by atoms with Crippen molar-refractivity contribution >= 4 is 5.97 Å². The van der Waals surface area contributed by atoms with Crippen LogP contribution < -0.4 is 4.74 Å². The zero-order valence-electron chi connectivity index (χ0n) is 9.32. The van der Waals surface area contributed by atoms with Crippen LogP contribution in [0.4, 0.5) is 0 Å². The van der Waals surface area contributed by atoms with E-state index in [9.17, 15) is 4.79 Å². The third-order valence-corrected chi connectivity index (χ3v) is 1.71. The summed E-state index contributed by atoms with van der Waals surface area (Å²) in [6, 6.07) is 3.46. The van der Waals surface area contributed by atoms with E-state index in [0.717, 1.165) is 5.56 Å². The number of carbonyl (C=O) groups excluding carboxylic acids is 1. The first-order chi connectivity index (χ1) is 7.76. The number of carbonyl (C=O) groups is 1. The highest BCUT2D eigenvalue weighted by Crippen LogP contribution is 2.06. The summed E-state index contributed by atoms with van der Waals surface area (Å²) in [5, 5.41) is 0. The number of rotatable bonds is 3. The van der Waals surface area contributed by atoms with Crippen molar-refractivity contribution in [2.45, 2.75) is 13.3 Å². The van der Waals surface area contributed by atoms with Gasteiger partial charge in [0.2, 0.25) is 5.88 Å². The molecule has 1 aromatic heterocycles. The predicted octanol–water partition coefficient (Wildman–Crippen LogP) is 1.39. The van der Waals surface area contributed by atoms with Gasteiger partial charge in [-0.1, -0.05) is 11.8 Å². The second-order valence-corrected chi connectivity index (χ2v) is 2.87. The summed E-state index contributed by atoms with van der Waals surface area (Å²) < 4.78 is 9.70. The Kier molecular flexibility index (Phi) is 4.87. The Hall–Kier alpha value is -2.02. The molecule has 16 heavy (non-hydrogen) atoms. The average Bonchev–Trinajstić information content (AvgIpc) is 2.30. The average molecular weight is 219 g/mol. The van der Waals surface area contributed by atoms with Crippen LogP contribution in [0.1, 0.15) is 18.9 Å². The predicted molar refractivity (Wildman–Crippen MR) is 58.9 cm³/mol. The highest BCUT2D eigenvalue weighted by Gasteiger charge is 1.96. The largest absolute Gasteiger partial charge is 0.481 e. The van der Waals surface area contributed by atoms with Crippen molar-refractivity contribution in [1.82, 2.24) is 4.98 Å². The molecule has 0 aliphatic carbocycles. The molecule has 1 rings (SSSR count). The summed E-state index contributed by atoms with van der Waals surface area (Å²) in [5.41, 5.74) is 0.760. The van der Waals surface area contributed by atoms with Crippen LogP contribution in [0.25, 0.3) is 0 Å². The molecular weight excluding hydrogens is 206 g/mol. The van der Waals surface area contributed by atoms with E-state index in [1.54, 1.807) is 25.3 Å². The number of ether oxygens (including phenoxy) is 2. The van der Waals surface area contributed by atoms with Gasteiger partial charge in [0.15, 0.2) is 0 Å². The lowest BCUT2D eigenvalue weighted by atomic mass is 10.2. The minimum absolute atomic E-state index is 0.0957. The van der Waals surface area contributed by atoms with Gasteiger partial charge in [-0.3, -0.25) is 4.79 Å². The molecule has 4 heteroatoms. The maximum Gasteiger partial charge on any atom is 0.317 e. The monoisotopic (exact) mass is 219 g/mol. The van der Waals surface area contributed by atoms with Gasteiger partial charge in [0.05, 0.1) is 13.7 Å². The summed E-state index contributed by atoms with van der Waals surface area (Å²) >= 11 is 0. The van der Waals surface area contributed by atoms with Gasteiger partial charge in [0.25, 0.3) is 0 Å². The highest BCUT2D eigenvalue weighted by atomic mass is 16.5. The van der Waals surface area contributed by atoms with Crippen molar-refractivity contribution < 1.29 is 14.3 Å². The first-order valence-corrected chi connectivity index (χ1v) is 4.90. The molecule has 0 bridgehead atoms. The number of nitrogens with zero attached hydrogens (tertiary/aromatic N) is 1. The Morgan fingerprint density at radius 2 is 2.38 bits per heavy atom. The third-order valence-electron chi connectivity index (χ3n) is 1.71.